The number of aromatic nitrogens is 2. The fourth-order valence-electron chi connectivity index (χ4n) is 5.53. The molecule has 5 rings (SSSR count). The summed E-state index contributed by atoms with van der Waals surface area (Å²) >= 11 is 0. The first kappa shape index (κ1) is 22.1. The van der Waals surface area contributed by atoms with Crippen LogP contribution in [0.3, 0.4) is 0 Å². The molecule has 0 bridgehead atoms. The average molecular weight is 450 g/mol. The van der Waals surface area contributed by atoms with E-state index in [2.05, 4.69) is 22.7 Å². The molecule has 2 atom stereocenters. The van der Waals surface area contributed by atoms with Crippen molar-refractivity contribution in [2.45, 2.75) is 76.9 Å². The second-order valence-corrected chi connectivity index (χ2v) is 10.7. The molecule has 0 saturated heterocycles. The quantitative estimate of drug-likeness (QED) is 0.571. The molecule has 1 heterocycles. The maximum atomic E-state index is 13.6. The highest BCUT2D eigenvalue weighted by Gasteiger charge is 2.48. The third-order valence-corrected chi connectivity index (χ3v) is 7.58. The molecule has 3 aliphatic rings. The number of hydrogen-bond acceptors (Lipinski definition) is 4. The summed E-state index contributed by atoms with van der Waals surface area (Å²) in [5.41, 5.74) is 9.71. The number of carbonyl (C=O) groups is 2. The van der Waals surface area contributed by atoms with E-state index < -0.39 is 6.04 Å². The van der Waals surface area contributed by atoms with Crippen molar-refractivity contribution >= 4 is 17.5 Å². The molecule has 2 fully saturated rings. The molecule has 7 heteroatoms. The van der Waals surface area contributed by atoms with Gasteiger partial charge in [0, 0.05) is 23.5 Å². The van der Waals surface area contributed by atoms with Crippen molar-refractivity contribution in [1.82, 2.24) is 15.1 Å². The van der Waals surface area contributed by atoms with Gasteiger partial charge in [-0.1, -0.05) is 6.07 Å². The van der Waals surface area contributed by atoms with Crippen LogP contribution in [-0.4, -0.2) is 27.6 Å². The smallest absolute Gasteiger partial charge is 0.270 e. The number of rotatable bonds is 8. The van der Waals surface area contributed by atoms with Crippen molar-refractivity contribution in [3.8, 4) is 0 Å². The highest BCUT2D eigenvalue weighted by Crippen LogP contribution is 2.51. The Bertz CT molecular complexity index is 1050. The van der Waals surface area contributed by atoms with Crippen molar-refractivity contribution in [1.29, 1.82) is 0 Å². The van der Waals surface area contributed by atoms with Gasteiger partial charge in [0.1, 0.15) is 11.7 Å². The highest BCUT2D eigenvalue weighted by molar-refractivity contribution is 6.00. The molecule has 0 unspecified atom stereocenters. The standard InChI is InChI=1S/C26H35N5O2/c1-15(2)31-21(11-13-28-31)24(32)30-23(22(16-4-5-16)17-6-7-17)25(33)29-19-8-9-20-18(14-19)10-12-26(20,3)27/h8-9,11,13-17,22-23H,4-7,10,12,27H2,1-3H3,(H,29,33)(H,30,32)/t23-,26+/m0/s1. The van der Waals surface area contributed by atoms with Crippen LogP contribution in [0.5, 0.6) is 0 Å². The highest BCUT2D eigenvalue weighted by atomic mass is 16.2. The van der Waals surface area contributed by atoms with Crippen LogP contribution in [0.2, 0.25) is 0 Å². The lowest BCUT2D eigenvalue weighted by Gasteiger charge is -2.28. The average Bonchev–Trinajstić information content (AvgIpc) is 3.70. The minimum Gasteiger partial charge on any atom is -0.339 e. The molecule has 176 valence electrons. The molecular weight excluding hydrogens is 414 g/mol. The number of aryl methyl sites for hydroxylation is 1. The summed E-state index contributed by atoms with van der Waals surface area (Å²) in [5.74, 6) is 0.853. The van der Waals surface area contributed by atoms with Crippen molar-refractivity contribution in [3.05, 3.63) is 47.3 Å². The van der Waals surface area contributed by atoms with Gasteiger partial charge in [-0.2, -0.15) is 5.10 Å². The van der Waals surface area contributed by atoms with Gasteiger partial charge in [0.25, 0.3) is 5.91 Å². The van der Waals surface area contributed by atoms with Crippen LogP contribution in [0, 0.1) is 17.8 Å². The second-order valence-electron chi connectivity index (χ2n) is 10.7. The Morgan fingerprint density at radius 2 is 1.85 bits per heavy atom. The topological polar surface area (TPSA) is 102 Å². The van der Waals surface area contributed by atoms with Gasteiger partial charge in [-0.05, 0) is 106 Å². The molecule has 2 amide bonds. The molecule has 2 aromatic rings. The maximum absolute atomic E-state index is 13.6. The van der Waals surface area contributed by atoms with E-state index in [-0.39, 0.29) is 29.3 Å². The van der Waals surface area contributed by atoms with Gasteiger partial charge in [0.15, 0.2) is 0 Å². The van der Waals surface area contributed by atoms with Gasteiger partial charge in [-0.15, -0.1) is 0 Å². The van der Waals surface area contributed by atoms with Crippen LogP contribution in [0.25, 0.3) is 0 Å². The van der Waals surface area contributed by atoms with E-state index in [4.69, 9.17) is 5.73 Å². The van der Waals surface area contributed by atoms with E-state index in [1.54, 1.807) is 16.9 Å². The summed E-state index contributed by atoms with van der Waals surface area (Å²) in [6.07, 6.45) is 8.01. The number of nitrogens with zero attached hydrogens (tertiary/aromatic N) is 2. The lowest BCUT2D eigenvalue weighted by atomic mass is 9.88. The Morgan fingerprint density at radius 1 is 1.15 bits per heavy atom. The molecule has 7 nitrogen and oxygen atoms in total. The number of nitrogens with one attached hydrogen (secondary N) is 2. The minimum absolute atomic E-state index is 0.0651. The van der Waals surface area contributed by atoms with Crippen molar-refractivity contribution in [3.63, 3.8) is 0 Å². The van der Waals surface area contributed by atoms with Crippen LogP contribution < -0.4 is 16.4 Å². The first-order valence-electron chi connectivity index (χ1n) is 12.3. The largest absolute Gasteiger partial charge is 0.339 e. The molecule has 4 N–H and O–H groups in total. The molecule has 3 aliphatic carbocycles. The number of carbonyl (C=O) groups excluding carboxylic acids is 2. The molecule has 2 saturated carbocycles. The predicted octanol–water partition coefficient (Wildman–Crippen LogP) is 3.76. The van der Waals surface area contributed by atoms with Crippen LogP contribution in [0.1, 0.15) is 80.5 Å². The van der Waals surface area contributed by atoms with E-state index in [1.165, 1.54) is 5.56 Å². The van der Waals surface area contributed by atoms with Gasteiger partial charge in [-0.3, -0.25) is 14.3 Å². The Kier molecular flexibility index (Phi) is 5.55. The zero-order valence-electron chi connectivity index (χ0n) is 19.8. The Balaban J connectivity index is 1.38. The Morgan fingerprint density at radius 3 is 2.48 bits per heavy atom. The molecule has 1 aromatic heterocycles. The monoisotopic (exact) mass is 449 g/mol. The van der Waals surface area contributed by atoms with Gasteiger partial charge in [0.05, 0.1) is 0 Å². The molecule has 33 heavy (non-hydrogen) atoms. The fraction of sp³-hybridized carbons (Fsp3) is 0.577. The number of fused-ring (bicyclic) bond motifs is 1. The molecule has 0 aliphatic heterocycles. The van der Waals surface area contributed by atoms with Crippen LogP contribution in [-0.2, 0) is 16.8 Å². The number of anilines is 1. The first-order chi connectivity index (χ1) is 15.7. The lowest BCUT2D eigenvalue weighted by molar-refractivity contribution is -0.119. The van der Waals surface area contributed by atoms with Crippen molar-refractivity contribution in [2.24, 2.45) is 23.5 Å². The van der Waals surface area contributed by atoms with Crippen molar-refractivity contribution < 1.29 is 9.59 Å². The molecule has 1 aromatic carbocycles. The summed E-state index contributed by atoms with van der Waals surface area (Å²) in [6.45, 7) is 6.04. The first-order valence-corrected chi connectivity index (χ1v) is 12.3. The molecular formula is C26H35N5O2. The van der Waals surface area contributed by atoms with Crippen LogP contribution >= 0.6 is 0 Å². The maximum Gasteiger partial charge on any atom is 0.270 e. The van der Waals surface area contributed by atoms with E-state index in [0.717, 1.165) is 49.8 Å². The number of nitrogens with two attached hydrogens (primary N) is 1. The second kappa shape index (κ2) is 8.28. The zero-order valence-corrected chi connectivity index (χ0v) is 19.8. The SMILES string of the molecule is CC(C)n1nccc1C(=O)N[C@H](C(=O)Nc1ccc2c(c1)CC[C@@]2(C)N)C(C1CC1)C1CC1. The van der Waals surface area contributed by atoms with E-state index >= 15 is 0 Å². The van der Waals surface area contributed by atoms with Crippen LogP contribution in [0.15, 0.2) is 30.5 Å². The van der Waals surface area contributed by atoms with Gasteiger partial charge >= 0.3 is 0 Å². The summed E-state index contributed by atoms with van der Waals surface area (Å²) in [7, 11) is 0. The van der Waals surface area contributed by atoms with Gasteiger partial charge < -0.3 is 16.4 Å². The zero-order chi connectivity index (χ0) is 23.3. The van der Waals surface area contributed by atoms with Gasteiger partial charge in [0.2, 0.25) is 5.91 Å². The summed E-state index contributed by atoms with van der Waals surface area (Å²) in [5, 5.41) is 10.5. The number of amides is 2. The Hall–Kier alpha value is -2.67. The summed E-state index contributed by atoms with van der Waals surface area (Å²) in [4.78, 5) is 26.8. The van der Waals surface area contributed by atoms with Gasteiger partial charge in [-0.25, -0.2) is 0 Å². The minimum atomic E-state index is -0.555. The summed E-state index contributed by atoms with van der Waals surface area (Å²) in [6, 6.07) is 7.24. The Labute approximate surface area is 195 Å². The normalized spacial score (nSPS) is 23.0. The third-order valence-electron chi connectivity index (χ3n) is 7.58. The molecule has 0 radical (unpaired) electrons. The van der Waals surface area contributed by atoms with E-state index in [9.17, 15) is 9.59 Å². The summed E-state index contributed by atoms with van der Waals surface area (Å²) < 4.78 is 1.71. The predicted molar refractivity (Wildman–Crippen MR) is 128 cm³/mol. The van der Waals surface area contributed by atoms with Crippen molar-refractivity contribution in [2.75, 3.05) is 5.32 Å². The van der Waals surface area contributed by atoms with E-state index in [0.29, 0.717) is 17.5 Å². The fourth-order valence-corrected chi connectivity index (χ4v) is 5.53. The number of benzene rings is 1. The number of hydrogen-bond donors (Lipinski definition) is 3. The molecule has 0 spiro atoms. The third kappa shape index (κ3) is 4.43. The van der Waals surface area contributed by atoms with E-state index in [1.807, 2.05) is 32.0 Å². The van der Waals surface area contributed by atoms with Crippen LogP contribution in [0.4, 0.5) is 5.69 Å². The lowest BCUT2D eigenvalue weighted by Crippen LogP contribution is -2.50.